The number of hydrogen-bond acceptors (Lipinski definition) is 0. The van der Waals surface area contributed by atoms with Gasteiger partial charge in [-0.05, 0) is 51.4 Å². The van der Waals surface area contributed by atoms with Gasteiger partial charge in [0.05, 0.1) is 0 Å². The normalized spacial score (nSPS) is 14.8. The standard InChI is InChI=1S/C9H15BrFI/c1-2-3-4-5-6-7-8(12)9(10)11/h7,9H,2-6H2,1H3. The summed E-state index contributed by atoms with van der Waals surface area (Å²) in [5, 5.41) is -0.968. The van der Waals surface area contributed by atoms with Crippen molar-refractivity contribution in [3.63, 3.8) is 0 Å². The molecule has 0 bridgehead atoms. The molecular formula is C9H15BrFI. The van der Waals surface area contributed by atoms with E-state index in [1.165, 1.54) is 25.7 Å². The van der Waals surface area contributed by atoms with Crippen molar-refractivity contribution in [1.29, 1.82) is 0 Å². The van der Waals surface area contributed by atoms with Crippen molar-refractivity contribution in [1.82, 2.24) is 0 Å². The quantitative estimate of drug-likeness (QED) is 0.361. The van der Waals surface area contributed by atoms with E-state index >= 15 is 0 Å². The van der Waals surface area contributed by atoms with Crippen LogP contribution in [0.3, 0.4) is 0 Å². The molecule has 0 aliphatic rings. The zero-order valence-corrected chi connectivity index (χ0v) is 11.1. The van der Waals surface area contributed by atoms with E-state index in [4.69, 9.17) is 0 Å². The fourth-order valence-corrected chi connectivity index (χ4v) is 1.40. The molecule has 0 saturated carbocycles. The molecule has 72 valence electrons. The summed E-state index contributed by atoms with van der Waals surface area (Å²) < 4.78 is 13.3. The molecule has 0 amide bonds. The van der Waals surface area contributed by atoms with E-state index in [2.05, 4.69) is 22.9 Å². The molecule has 0 aliphatic heterocycles. The summed E-state index contributed by atoms with van der Waals surface area (Å²) in [5.41, 5.74) is 0. The third kappa shape index (κ3) is 7.53. The Hall–Kier alpha value is 0.880. The average molecular weight is 349 g/mol. The molecule has 0 aromatic heterocycles. The molecular weight excluding hydrogens is 334 g/mol. The van der Waals surface area contributed by atoms with Crippen molar-refractivity contribution in [3.8, 4) is 0 Å². The molecule has 0 rings (SSSR count). The fourth-order valence-electron chi connectivity index (χ4n) is 0.900. The maximum Gasteiger partial charge on any atom is 0.185 e. The first-order valence-electron chi connectivity index (χ1n) is 4.32. The van der Waals surface area contributed by atoms with Gasteiger partial charge in [0.15, 0.2) is 5.08 Å². The van der Waals surface area contributed by atoms with Crippen molar-refractivity contribution in [3.05, 3.63) is 9.66 Å². The lowest BCUT2D eigenvalue weighted by Gasteiger charge is -1.98. The van der Waals surface area contributed by atoms with E-state index in [0.717, 1.165) is 10.0 Å². The van der Waals surface area contributed by atoms with Gasteiger partial charge in [-0.25, -0.2) is 4.39 Å². The highest BCUT2D eigenvalue weighted by Gasteiger charge is 2.02. The van der Waals surface area contributed by atoms with Gasteiger partial charge in [0.25, 0.3) is 0 Å². The number of unbranched alkanes of at least 4 members (excludes halogenated alkanes) is 4. The van der Waals surface area contributed by atoms with Gasteiger partial charge in [0, 0.05) is 3.58 Å². The predicted octanol–water partition coefficient (Wildman–Crippen LogP) is 4.97. The van der Waals surface area contributed by atoms with Crippen molar-refractivity contribution in [2.24, 2.45) is 0 Å². The van der Waals surface area contributed by atoms with Crippen LogP contribution in [0.25, 0.3) is 0 Å². The minimum absolute atomic E-state index is 0.768. The Kier molecular flexibility index (Phi) is 9.10. The Morgan fingerprint density at radius 3 is 2.67 bits per heavy atom. The van der Waals surface area contributed by atoms with Gasteiger partial charge in [0.2, 0.25) is 0 Å². The van der Waals surface area contributed by atoms with Crippen LogP contribution in [0.2, 0.25) is 0 Å². The van der Waals surface area contributed by atoms with Crippen LogP contribution in [-0.2, 0) is 0 Å². The molecule has 0 aromatic carbocycles. The van der Waals surface area contributed by atoms with Crippen LogP contribution in [0.1, 0.15) is 39.0 Å². The minimum atomic E-state index is -0.968. The summed E-state index contributed by atoms with van der Waals surface area (Å²) in [6.07, 6.45) is 7.96. The predicted molar refractivity (Wildman–Crippen MR) is 64.7 cm³/mol. The van der Waals surface area contributed by atoms with E-state index in [1.54, 1.807) is 0 Å². The number of rotatable bonds is 6. The van der Waals surface area contributed by atoms with Crippen molar-refractivity contribution in [2.45, 2.75) is 44.1 Å². The summed E-state index contributed by atoms with van der Waals surface area (Å²) in [7, 11) is 0. The van der Waals surface area contributed by atoms with Crippen LogP contribution in [-0.4, -0.2) is 5.08 Å². The second-order valence-electron chi connectivity index (χ2n) is 2.74. The maximum atomic E-state index is 12.5. The van der Waals surface area contributed by atoms with Gasteiger partial charge in [-0.1, -0.05) is 32.3 Å². The molecule has 12 heavy (non-hydrogen) atoms. The van der Waals surface area contributed by atoms with Crippen LogP contribution >= 0.6 is 38.5 Å². The molecule has 0 saturated heterocycles. The molecule has 1 unspecified atom stereocenters. The molecule has 0 spiro atoms. The number of halogens is 3. The van der Waals surface area contributed by atoms with Crippen LogP contribution < -0.4 is 0 Å². The van der Waals surface area contributed by atoms with Gasteiger partial charge in [-0.2, -0.15) is 0 Å². The Morgan fingerprint density at radius 1 is 1.50 bits per heavy atom. The topological polar surface area (TPSA) is 0 Å². The van der Waals surface area contributed by atoms with Gasteiger partial charge in [0.1, 0.15) is 0 Å². The Bertz CT molecular complexity index is 134. The Labute approximate surface area is 96.3 Å². The summed E-state index contributed by atoms with van der Waals surface area (Å²) in [4.78, 5) is 0. The lowest BCUT2D eigenvalue weighted by atomic mass is 10.1. The summed E-state index contributed by atoms with van der Waals surface area (Å²) in [6, 6.07) is 0. The largest absolute Gasteiger partial charge is 0.229 e. The van der Waals surface area contributed by atoms with Crippen molar-refractivity contribution in [2.75, 3.05) is 0 Å². The second kappa shape index (κ2) is 8.48. The first kappa shape index (κ1) is 12.9. The summed E-state index contributed by atoms with van der Waals surface area (Å²) in [6.45, 7) is 2.19. The molecule has 0 heterocycles. The number of hydrogen-bond donors (Lipinski definition) is 0. The first-order chi connectivity index (χ1) is 5.68. The molecule has 0 fully saturated rings. The third-order valence-electron chi connectivity index (χ3n) is 1.61. The molecule has 0 aromatic rings. The average Bonchev–Trinajstić information content (AvgIpc) is 2.03. The van der Waals surface area contributed by atoms with E-state index < -0.39 is 5.08 Å². The number of allylic oxidation sites excluding steroid dienone is 2. The molecule has 3 heteroatoms. The highest BCUT2D eigenvalue weighted by atomic mass is 127. The van der Waals surface area contributed by atoms with E-state index in [9.17, 15) is 4.39 Å². The van der Waals surface area contributed by atoms with E-state index in [1.807, 2.05) is 28.7 Å². The van der Waals surface area contributed by atoms with Gasteiger partial charge < -0.3 is 0 Å². The third-order valence-corrected chi connectivity index (χ3v) is 3.94. The van der Waals surface area contributed by atoms with Crippen molar-refractivity contribution >= 4 is 38.5 Å². The minimum Gasteiger partial charge on any atom is -0.229 e. The Balaban J connectivity index is 3.34. The summed E-state index contributed by atoms with van der Waals surface area (Å²) in [5.74, 6) is 0. The zero-order chi connectivity index (χ0) is 9.40. The van der Waals surface area contributed by atoms with Crippen LogP contribution in [0.5, 0.6) is 0 Å². The Morgan fingerprint density at radius 2 is 2.17 bits per heavy atom. The van der Waals surface area contributed by atoms with Gasteiger partial charge in [-0.15, -0.1) is 0 Å². The maximum absolute atomic E-state index is 12.5. The van der Waals surface area contributed by atoms with E-state index in [-0.39, 0.29) is 0 Å². The molecule has 0 N–H and O–H groups in total. The van der Waals surface area contributed by atoms with Crippen LogP contribution in [0.15, 0.2) is 9.66 Å². The van der Waals surface area contributed by atoms with E-state index in [0.29, 0.717) is 0 Å². The van der Waals surface area contributed by atoms with Crippen LogP contribution in [0.4, 0.5) is 4.39 Å². The lowest BCUT2D eigenvalue weighted by molar-refractivity contribution is 0.525. The second-order valence-corrected chi connectivity index (χ2v) is 4.79. The van der Waals surface area contributed by atoms with Gasteiger partial charge >= 0.3 is 0 Å². The van der Waals surface area contributed by atoms with Crippen molar-refractivity contribution < 1.29 is 4.39 Å². The molecule has 1 atom stereocenters. The highest BCUT2D eigenvalue weighted by Crippen LogP contribution is 2.21. The number of alkyl halides is 2. The molecule has 0 aliphatic carbocycles. The highest BCUT2D eigenvalue weighted by molar-refractivity contribution is 14.1. The van der Waals surface area contributed by atoms with Crippen LogP contribution in [0, 0.1) is 0 Å². The lowest BCUT2D eigenvalue weighted by Crippen LogP contribution is -1.85. The fraction of sp³-hybridized carbons (Fsp3) is 0.778. The molecule has 0 nitrogen and oxygen atoms in total. The monoisotopic (exact) mass is 348 g/mol. The zero-order valence-electron chi connectivity index (χ0n) is 7.32. The first-order valence-corrected chi connectivity index (χ1v) is 6.31. The van der Waals surface area contributed by atoms with Gasteiger partial charge in [-0.3, -0.25) is 0 Å². The smallest absolute Gasteiger partial charge is 0.185 e. The molecule has 0 radical (unpaired) electrons. The summed E-state index contributed by atoms with van der Waals surface area (Å²) >= 11 is 4.91. The SMILES string of the molecule is CCCCCCC=C(I)C(F)Br.